The Labute approximate surface area is 238 Å². The van der Waals surface area contributed by atoms with Crippen LogP contribution in [0.4, 0.5) is 23.7 Å². The van der Waals surface area contributed by atoms with Crippen LogP contribution in [0.5, 0.6) is 11.5 Å². The van der Waals surface area contributed by atoms with E-state index in [0.717, 1.165) is 12.1 Å². The molecule has 0 saturated carbocycles. The number of halogens is 3. The van der Waals surface area contributed by atoms with Crippen molar-refractivity contribution in [3.8, 4) is 11.5 Å². The molecule has 0 aliphatic heterocycles. The predicted octanol–water partition coefficient (Wildman–Crippen LogP) is 6.91. The summed E-state index contributed by atoms with van der Waals surface area (Å²) in [6.07, 6.45) is -4.89. The van der Waals surface area contributed by atoms with Crippen LogP contribution in [0.2, 0.25) is 0 Å². The zero-order valence-corrected chi connectivity index (χ0v) is 24.0. The molecule has 3 aromatic rings. The van der Waals surface area contributed by atoms with E-state index in [9.17, 15) is 22.8 Å². The highest BCUT2D eigenvalue weighted by Crippen LogP contribution is 2.34. The van der Waals surface area contributed by atoms with Crippen LogP contribution < -0.4 is 14.4 Å². The lowest BCUT2D eigenvalue weighted by atomic mass is 10.0. The van der Waals surface area contributed by atoms with Crippen molar-refractivity contribution in [1.29, 1.82) is 0 Å². The van der Waals surface area contributed by atoms with E-state index in [1.165, 1.54) is 43.2 Å². The third-order valence-corrected chi connectivity index (χ3v) is 6.27. The van der Waals surface area contributed by atoms with Gasteiger partial charge in [-0.1, -0.05) is 42.5 Å². The lowest BCUT2D eigenvalue weighted by Crippen LogP contribution is -2.46. The molecule has 220 valence electrons. The molecule has 3 aromatic carbocycles. The van der Waals surface area contributed by atoms with Gasteiger partial charge in [0.1, 0.15) is 11.6 Å². The molecule has 7 nitrogen and oxygen atoms in total. The van der Waals surface area contributed by atoms with Crippen molar-refractivity contribution in [3.05, 3.63) is 89.5 Å². The second-order valence-electron chi connectivity index (χ2n) is 10.4. The first-order chi connectivity index (χ1) is 19.2. The Balaban J connectivity index is 2.04. The summed E-state index contributed by atoms with van der Waals surface area (Å²) in [5.41, 5.74) is 0.0792. The lowest BCUT2D eigenvalue weighted by molar-refractivity contribution is -0.137. The number of carbonyl (C=O) groups is 2. The number of rotatable bonds is 9. The van der Waals surface area contributed by atoms with Gasteiger partial charge in [-0.05, 0) is 62.6 Å². The fourth-order valence-corrected chi connectivity index (χ4v) is 4.21. The van der Waals surface area contributed by atoms with Gasteiger partial charge in [-0.2, -0.15) is 13.2 Å². The van der Waals surface area contributed by atoms with E-state index in [0.29, 0.717) is 28.3 Å². The molecule has 2 amide bonds. The summed E-state index contributed by atoms with van der Waals surface area (Å²) >= 11 is 0. The minimum absolute atomic E-state index is 0.102. The molecule has 41 heavy (non-hydrogen) atoms. The average Bonchev–Trinajstić information content (AvgIpc) is 2.92. The zero-order chi connectivity index (χ0) is 30.4. The van der Waals surface area contributed by atoms with E-state index in [2.05, 4.69) is 0 Å². The fraction of sp³-hybridized carbons (Fsp3) is 0.355. The number of likely N-dealkylation sites (N-methyl/N-ethyl adjacent to an activating group) is 1. The highest BCUT2D eigenvalue weighted by molar-refractivity contribution is 5.99. The highest BCUT2D eigenvalue weighted by atomic mass is 19.4. The Morgan fingerprint density at radius 2 is 1.46 bits per heavy atom. The number of hydrogen-bond donors (Lipinski definition) is 0. The maximum Gasteiger partial charge on any atom is 0.416 e. The summed E-state index contributed by atoms with van der Waals surface area (Å²) in [5.74, 6) is 0.398. The quantitative estimate of drug-likeness (QED) is 0.279. The first-order valence-electron chi connectivity index (χ1n) is 13.0. The van der Waals surface area contributed by atoms with E-state index in [1.807, 2.05) is 0 Å². The molecular formula is C31H35F3N2O5. The fourth-order valence-electron chi connectivity index (χ4n) is 4.21. The summed E-state index contributed by atoms with van der Waals surface area (Å²) in [6.45, 7) is 5.30. The van der Waals surface area contributed by atoms with Gasteiger partial charge >= 0.3 is 12.3 Å². The number of amides is 2. The Hall–Kier alpha value is -4.21. The number of carbonyl (C=O) groups excluding carboxylic acids is 2. The van der Waals surface area contributed by atoms with Crippen LogP contribution >= 0.6 is 0 Å². The van der Waals surface area contributed by atoms with E-state index in [-0.39, 0.29) is 13.0 Å². The van der Waals surface area contributed by atoms with Gasteiger partial charge in [-0.15, -0.1) is 0 Å². The number of hydrogen-bond acceptors (Lipinski definition) is 5. The molecule has 3 rings (SSSR count). The minimum Gasteiger partial charge on any atom is -0.493 e. The molecular weight excluding hydrogens is 537 g/mol. The Bertz CT molecular complexity index is 1320. The molecule has 0 radical (unpaired) electrons. The minimum atomic E-state index is -4.45. The van der Waals surface area contributed by atoms with E-state index >= 15 is 0 Å². The Morgan fingerprint density at radius 3 is 2.00 bits per heavy atom. The molecule has 1 atom stereocenters. The summed E-state index contributed by atoms with van der Waals surface area (Å²) in [5, 5.41) is 0. The van der Waals surface area contributed by atoms with Gasteiger partial charge in [0.05, 0.1) is 19.8 Å². The first-order valence-corrected chi connectivity index (χ1v) is 13.0. The van der Waals surface area contributed by atoms with Crippen molar-refractivity contribution in [2.45, 2.75) is 45.0 Å². The molecule has 0 saturated heterocycles. The molecule has 0 spiro atoms. The van der Waals surface area contributed by atoms with Crippen LogP contribution in [0.15, 0.2) is 72.8 Å². The van der Waals surface area contributed by atoms with Crippen LogP contribution in [0.3, 0.4) is 0 Å². The number of nitrogens with zero attached hydrogens (tertiary/aromatic N) is 2. The van der Waals surface area contributed by atoms with Gasteiger partial charge in [-0.25, -0.2) is 4.79 Å². The van der Waals surface area contributed by atoms with Crippen LogP contribution in [-0.4, -0.2) is 50.3 Å². The van der Waals surface area contributed by atoms with Crippen molar-refractivity contribution in [2.24, 2.45) is 0 Å². The molecule has 0 bridgehead atoms. The molecule has 1 unspecified atom stereocenters. The van der Waals surface area contributed by atoms with Gasteiger partial charge in [-0.3, -0.25) is 9.69 Å². The normalized spacial score (nSPS) is 12.3. The topological polar surface area (TPSA) is 68.3 Å². The van der Waals surface area contributed by atoms with E-state index < -0.39 is 35.4 Å². The number of alkyl halides is 3. The summed E-state index contributed by atoms with van der Waals surface area (Å²) in [6, 6.07) is 17.5. The van der Waals surface area contributed by atoms with Crippen LogP contribution in [0.1, 0.15) is 43.5 Å². The van der Waals surface area contributed by atoms with E-state index in [4.69, 9.17) is 14.2 Å². The van der Waals surface area contributed by atoms with Crippen LogP contribution in [-0.2, 0) is 22.1 Å². The molecule has 0 aliphatic rings. The summed E-state index contributed by atoms with van der Waals surface area (Å²) in [7, 11) is 4.46. The van der Waals surface area contributed by atoms with Gasteiger partial charge in [0, 0.05) is 25.3 Å². The van der Waals surface area contributed by atoms with Gasteiger partial charge in [0.15, 0.2) is 11.5 Å². The third-order valence-electron chi connectivity index (χ3n) is 6.27. The van der Waals surface area contributed by atoms with Crippen LogP contribution in [0, 0.1) is 0 Å². The van der Waals surface area contributed by atoms with Crippen molar-refractivity contribution < 1.29 is 37.0 Å². The standard InChI is InChI=1S/C31H35F3N2O5/c1-30(2,3)41-29(38)35(4)27(22-10-8-7-9-11-22)28(37)36(24-16-17-25(39-5)26(20-24)40-6)19-18-21-12-14-23(15-13-21)31(32,33)34/h7-17,20,27H,18-19H2,1-6H3. The lowest BCUT2D eigenvalue weighted by Gasteiger charge is -2.34. The van der Waals surface area contributed by atoms with Gasteiger partial charge in [0.2, 0.25) is 0 Å². The van der Waals surface area contributed by atoms with Gasteiger partial charge < -0.3 is 19.1 Å². The largest absolute Gasteiger partial charge is 0.493 e. The van der Waals surface area contributed by atoms with Crippen molar-refractivity contribution in [2.75, 3.05) is 32.7 Å². The third kappa shape index (κ3) is 8.15. The molecule has 0 N–H and O–H groups in total. The maximum atomic E-state index is 14.4. The van der Waals surface area contributed by atoms with Crippen molar-refractivity contribution in [3.63, 3.8) is 0 Å². The highest BCUT2D eigenvalue weighted by Gasteiger charge is 2.35. The zero-order valence-electron chi connectivity index (χ0n) is 24.0. The number of benzene rings is 3. The Kier molecular flexibility index (Phi) is 9.91. The molecule has 0 aromatic heterocycles. The monoisotopic (exact) mass is 572 g/mol. The molecule has 10 heteroatoms. The second kappa shape index (κ2) is 13.0. The summed E-state index contributed by atoms with van der Waals surface area (Å²) in [4.78, 5) is 30.2. The molecule has 0 heterocycles. The van der Waals surface area contributed by atoms with Crippen molar-refractivity contribution in [1.82, 2.24) is 4.90 Å². The SMILES string of the molecule is COc1ccc(N(CCc2ccc(C(F)(F)F)cc2)C(=O)C(c2ccccc2)N(C)C(=O)OC(C)(C)C)cc1OC. The predicted molar refractivity (Wildman–Crippen MR) is 150 cm³/mol. The maximum absolute atomic E-state index is 14.4. The second-order valence-corrected chi connectivity index (χ2v) is 10.4. The molecule has 0 aliphatic carbocycles. The van der Waals surface area contributed by atoms with E-state index in [1.54, 1.807) is 69.3 Å². The number of ether oxygens (including phenoxy) is 3. The number of anilines is 1. The van der Waals surface area contributed by atoms with Gasteiger partial charge in [0.25, 0.3) is 5.91 Å². The smallest absolute Gasteiger partial charge is 0.416 e. The average molecular weight is 573 g/mol. The number of methoxy groups -OCH3 is 2. The Morgan fingerprint density at radius 1 is 0.854 bits per heavy atom. The molecule has 0 fully saturated rings. The first kappa shape index (κ1) is 31.3. The van der Waals surface area contributed by atoms with Crippen LogP contribution in [0.25, 0.3) is 0 Å². The van der Waals surface area contributed by atoms with Crippen molar-refractivity contribution >= 4 is 17.7 Å². The summed E-state index contributed by atoms with van der Waals surface area (Å²) < 4.78 is 55.6.